The van der Waals surface area contributed by atoms with E-state index in [1.807, 2.05) is 6.07 Å². The van der Waals surface area contributed by atoms with Crippen molar-refractivity contribution < 1.29 is 4.74 Å². The molecule has 0 N–H and O–H groups in total. The summed E-state index contributed by atoms with van der Waals surface area (Å²) < 4.78 is 6.69. The van der Waals surface area contributed by atoms with Gasteiger partial charge in [0.25, 0.3) is 0 Å². The number of ether oxygens (including phenoxy) is 1. The fraction of sp³-hybridized carbons (Fsp3) is 0.500. The van der Waals surface area contributed by atoms with Crippen LogP contribution in [-0.4, -0.2) is 11.1 Å². The van der Waals surface area contributed by atoms with E-state index in [4.69, 9.17) is 4.74 Å². The van der Waals surface area contributed by atoms with Crippen LogP contribution >= 0.6 is 15.9 Å². The van der Waals surface area contributed by atoms with Gasteiger partial charge in [0.2, 0.25) is 0 Å². The summed E-state index contributed by atoms with van der Waals surface area (Å²) in [6.07, 6.45) is 6.46. The first-order valence-electron chi connectivity index (χ1n) is 4.53. The number of rotatable bonds is 3. The number of hydrogen-bond donors (Lipinski definition) is 0. The molecule has 0 unspecified atom stereocenters. The van der Waals surface area contributed by atoms with Crippen LogP contribution < -0.4 is 4.74 Å². The Morgan fingerprint density at radius 3 is 2.92 bits per heavy atom. The summed E-state index contributed by atoms with van der Waals surface area (Å²) in [5, 5.41) is 0. The van der Waals surface area contributed by atoms with Crippen LogP contribution in [0.5, 0.6) is 5.75 Å². The zero-order valence-corrected chi connectivity index (χ0v) is 9.12. The Balaban J connectivity index is 2.00. The molecule has 1 fully saturated rings. The third-order valence-electron chi connectivity index (χ3n) is 2.29. The number of nitrogens with zero attached hydrogens (tertiary/aromatic N) is 1. The van der Waals surface area contributed by atoms with Crippen LogP contribution in [0.4, 0.5) is 0 Å². The average Bonchev–Trinajstić information content (AvgIpc) is 2.85. The van der Waals surface area contributed by atoms with Crippen molar-refractivity contribution in [2.75, 3.05) is 0 Å². The molecule has 1 aliphatic carbocycles. The van der Waals surface area contributed by atoms with Crippen LogP contribution in [0.15, 0.2) is 22.9 Å². The van der Waals surface area contributed by atoms with Gasteiger partial charge in [0, 0.05) is 10.7 Å². The molecule has 2 nitrogen and oxygen atoms in total. The number of aromatic nitrogens is 1. The molecule has 3 heteroatoms. The minimum Gasteiger partial charge on any atom is -0.489 e. The topological polar surface area (TPSA) is 22.1 Å². The van der Waals surface area contributed by atoms with Gasteiger partial charge in [-0.2, -0.15) is 0 Å². The lowest BCUT2D eigenvalue weighted by Crippen LogP contribution is -2.13. The summed E-state index contributed by atoms with van der Waals surface area (Å²) in [6.45, 7) is 2.12. The summed E-state index contributed by atoms with van der Waals surface area (Å²) in [5.41, 5.74) is 0. The summed E-state index contributed by atoms with van der Waals surface area (Å²) in [6, 6.07) is 1.95. The fourth-order valence-corrected chi connectivity index (χ4v) is 1.68. The van der Waals surface area contributed by atoms with Crippen LogP contribution in [0, 0.1) is 5.92 Å². The van der Waals surface area contributed by atoms with Crippen LogP contribution in [-0.2, 0) is 0 Å². The largest absolute Gasteiger partial charge is 0.489 e. The first-order valence-corrected chi connectivity index (χ1v) is 5.32. The highest BCUT2D eigenvalue weighted by Crippen LogP contribution is 2.34. The van der Waals surface area contributed by atoms with Gasteiger partial charge in [0.15, 0.2) is 0 Å². The summed E-state index contributed by atoms with van der Waals surface area (Å²) >= 11 is 3.36. The third-order valence-corrected chi connectivity index (χ3v) is 2.72. The van der Waals surface area contributed by atoms with Crippen molar-refractivity contribution in [3.05, 3.63) is 22.9 Å². The average molecular weight is 242 g/mol. The van der Waals surface area contributed by atoms with Crippen molar-refractivity contribution in [2.45, 2.75) is 25.9 Å². The standard InChI is InChI=1S/C10H12BrNO/c1-7(8-2-3-8)13-10-4-9(11)5-12-6-10/h4-8H,2-3H2,1H3/t7-/m0/s1. The molecular weight excluding hydrogens is 230 g/mol. The maximum Gasteiger partial charge on any atom is 0.139 e. The molecule has 0 spiro atoms. The van der Waals surface area contributed by atoms with Gasteiger partial charge < -0.3 is 4.74 Å². The van der Waals surface area contributed by atoms with Gasteiger partial charge in [-0.15, -0.1) is 0 Å². The molecule has 2 rings (SSSR count). The molecule has 1 aromatic heterocycles. The van der Waals surface area contributed by atoms with Gasteiger partial charge >= 0.3 is 0 Å². The van der Waals surface area contributed by atoms with Crippen LogP contribution in [0.1, 0.15) is 19.8 Å². The Hall–Kier alpha value is -0.570. The van der Waals surface area contributed by atoms with Gasteiger partial charge in [0.05, 0.1) is 12.3 Å². The Morgan fingerprint density at radius 1 is 1.54 bits per heavy atom. The van der Waals surface area contributed by atoms with Gasteiger partial charge in [0.1, 0.15) is 5.75 Å². The Labute approximate surface area is 86.5 Å². The number of halogens is 1. The second-order valence-corrected chi connectivity index (χ2v) is 4.41. The van der Waals surface area contributed by atoms with Gasteiger partial charge in [-0.3, -0.25) is 4.98 Å². The van der Waals surface area contributed by atoms with E-state index in [1.54, 1.807) is 12.4 Å². The van der Waals surface area contributed by atoms with Crippen LogP contribution in [0.3, 0.4) is 0 Å². The summed E-state index contributed by atoms with van der Waals surface area (Å²) in [5.74, 6) is 1.62. The van der Waals surface area contributed by atoms with Crippen LogP contribution in [0.2, 0.25) is 0 Å². The van der Waals surface area contributed by atoms with E-state index in [0.29, 0.717) is 6.10 Å². The van der Waals surface area contributed by atoms with Crippen molar-refractivity contribution in [3.63, 3.8) is 0 Å². The van der Waals surface area contributed by atoms with Gasteiger partial charge in [-0.1, -0.05) is 0 Å². The van der Waals surface area contributed by atoms with Crippen molar-refractivity contribution in [3.8, 4) is 5.75 Å². The molecule has 70 valence electrons. The van der Waals surface area contributed by atoms with E-state index < -0.39 is 0 Å². The highest BCUT2D eigenvalue weighted by Gasteiger charge is 2.29. The van der Waals surface area contributed by atoms with E-state index in [1.165, 1.54) is 12.8 Å². The Morgan fingerprint density at radius 2 is 2.31 bits per heavy atom. The molecule has 1 saturated carbocycles. The van der Waals surface area contributed by atoms with E-state index >= 15 is 0 Å². The summed E-state index contributed by atoms with van der Waals surface area (Å²) in [4.78, 5) is 4.05. The van der Waals surface area contributed by atoms with Crippen molar-refractivity contribution in [2.24, 2.45) is 5.92 Å². The molecule has 0 amide bonds. The van der Waals surface area contributed by atoms with E-state index in [2.05, 4.69) is 27.8 Å². The Kier molecular flexibility index (Phi) is 2.54. The molecule has 0 radical (unpaired) electrons. The monoisotopic (exact) mass is 241 g/mol. The maximum absolute atomic E-state index is 5.73. The minimum atomic E-state index is 0.330. The lowest BCUT2D eigenvalue weighted by molar-refractivity contribution is 0.197. The Bertz CT molecular complexity index is 299. The lowest BCUT2D eigenvalue weighted by Gasteiger charge is -2.13. The van der Waals surface area contributed by atoms with Gasteiger partial charge in [-0.25, -0.2) is 0 Å². The lowest BCUT2D eigenvalue weighted by atomic mass is 10.3. The smallest absolute Gasteiger partial charge is 0.139 e. The molecule has 0 aliphatic heterocycles. The third kappa shape index (κ3) is 2.44. The van der Waals surface area contributed by atoms with E-state index in [0.717, 1.165) is 16.1 Å². The quantitative estimate of drug-likeness (QED) is 0.812. The molecule has 0 bridgehead atoms. The maximum atomic E-state index is 5.73. The first kappa shape index (κ1) is 9.00. The normalized spacial score (nSPS) is 18.3. The minimum absolute atomic E-state index is 0.330. The van der Waals surface area contributed by atoms with Crippen LogP contribution in [0.25, 0.3) is 0 Å². The predicted molar refractivity (Wildman–Crippen MR) is 54.8 cm³/mol. The fourth-order valence-electron chi connectivity index (χ4n) is 1.33. The van der Waals surface area contributed by atoms with Crippen molar-refractivity contribution in [1.82, 2.24) is 4.98 Å². The van der Waals surface area contributed by atoms with Crippen molar-refractivity contribution >= 4 is 15.9 Å². The van der Waals surface area contributed by atoms with Gasteiger partial charge in [-0.05, 0) is 47.7 Å². The highest BCUT2D eigenvalue weighted by atomic mass is 79.9. The highest BCUT2D eigenvalue weighted by molar-refractivity contribution is 9.10. The van der Waals surface area contributed by atoms with Crippen molar-refractivity contribution in [1.29, 1.82) is 0 Å². The number of pyridine rings is 1. The predicted octanol–water partition coefficient (Wildman–Crippen LogP) is 3.02. The SMILES string of the molecule is C[C@H](Oc1cncc(Br)c1)C1CC1. The summed E-state index contributed by atoms with van der Waals surface area (Å²) in [7, 11) is 0. The second kappa shape index (κ2) is 3.66. The molecule has 1 aromatic rings. The second-order valence-electron chi connectivity index (χ2n) is 3.50. The first-order chi connectivity index (χ1) is 6.25. The van der Waals surface area contributed by atoms with E-state index in [9.17, 15) is 0 Å². The van der Waals surface area contributed by atoms with E-state index in [-0.39, 0.29) is 0 Å². The number of hydrogen-bond acceptors (Lipinski definition) is 2. The molecule has 13 heavy (non-hydrogen) atoms. The molecular formula is C10H12BrNO. The zero-order valence-electron chi connectivity index (χ0n) is 7.53. The zero-order chi connectivity index (χ0) is 9.26. The molecule has 0 saturated heterocycles. The molecule has 0 aromatic carbocycles. The molecule has 1 aliphatic rings. The molecule has 1 atom stereocenters. The molecule has 1 heterocycles.